The van der Waals surface area contributed by atoms with Gasteiger partial charge in [0.15, 0.2) is 0 Å². The Morgan fingerprint density at radius 1 is 1.50 bits per heavy atom. The second-order valence-corrected chi connectivity index (χ2v) is 6.05. The van der Waals surface area contributed by atoms with Crippen molar-refractivity contribution in [1.29, 1.82) is 0 Å². The Kier molecular flexibility index (Phi) is 3.96. The van der Waals surface area contributed by atoms with Crippen molar-refractivity contribution in [2.24, 2.45) is 5.92 Å². The number of imidazole rings is 1. The molecule has 1 aromatic heterocycles. The van der Waals surface area contributed by atoms with Gasteiger partial charge in [0.05, 0.1) is 0 Å². The summed E-state index contributed by atoms with van der Waals surface area (Å²) in [5.41, 5.74) is 1.25. The fraction of sp³-hybridized carbons (Fsp3) is 0.412. The summed E-state index contributed by atoms with van der Waals surface area (Å²) in [5.74, 6) is 1.20. The number of carbonyl (C=O) groups is 1. The summed E-state index contributed by atoms with van der Waals surface area (Å²) in [6, 6.07) is 4.31. The number of fused-ring (bicyclic) bond motifs is 1. The number of rotatable bonds is 3. The maximum Gasteiger partial charge on any atom is 0.253 e. The van der Waals surface area contributed by atoms with E-state index < -0.39 is 0 Å². The Morgan fingerprint density at radius 2 is 2.32 bits per heavy atom. The third-order valence-electron chi connectivity index (χ3n) is 4.33. The standard InChI is InChI=1S/C17H20FN3O/c1-12-9-14(18)4-5-15(12)17(22)20(2)10-13-3-6-16-19-7-8-21(16)11-13/h4-5,7-9,13H,3,6,10-11H2,1-2H3/t13-/m0/s1. The Hall–Kier alpha value is -2.17. The molecule has 0 spiro atoms. The summed E-state index contributed by atoms with van der Waals surface area (Å²) < 4.78 is 15.3. The van der Waals surface area contributed by atoms with Gasteiger partial charge in [0, 0.05) is 44.5 Å². The predicted molar refractivity (Wildman–Crippen MR) is 82.1 cm³/mol. The lowest BCUT2D eigenvalue weighted by Gasteiger charge is -2.28. The molecule has 1 aliphatic rings. The van der Waals surface area contributed by atoms with Crippen molar-refractivity contribution in [3.05, 3.63) is 53.4 Å². The van der Waals surface area contributed by atoms with Crippen LogP contribution in [-0.4, -0.2) is 34.0 Å². The SMILES string of the molecule is Cc1cc(F)ccc1C(=O)N(C)C[C@@H]1CCc2nccn2C1. The minimum atomic E-state index is -0.309. The van der Waals surface area contributed by atoms with Gasteiger partial charge in [-0.05, 0) is 43.0 Å². The van der Waals surface area contributed by atoms with Crippen LogP contribution in [0.3, 0.4) is 0 Å². The first-order valence-corrected chi connectivity index (χ1v) is 7.56. The molecule has 116 valence electrons. The largest absolute Gasteiger partial charge is 0.341 e. The summed E-state index contributed by atoms with van der Waals surface area (Å²) in [5, 5.41) is 0. The lowest BCUT2D eigenvalue weighted by atomic mass is 9.98. The molecular weight excluding hydrogens is 281 g/mol. The van der Waals surface area contributed by atoms with Gasteiger partial charge in [-0.25, -0.2) is 9.37 Å². The molecule has 4 nitrogen and oxygen atoms in total. The smallest absolute Gasteiger partial charge is 0.253 e. The molecule has 2 aromatic rings. The van der Waals surface area contributed by atoms with Crippen molar-refractivity contribution in [1.82, 2.24) is 14.5 Å². The summed E-state index contributed by atoms with van der Waals surface area (Å²) in [4.78, 5) is 18.6. The minimum Gasteiger partial charge on any atom is -0.341 e. The van der Waals surface area contributed by atoms with Gasteiger partial charge >= 0.3 is 0 Å². The van der Waals surface area contributed by atoms with Crippen LogP contribution < -0.4 is 0 Å². The normalized spacial score (nSPS) is 17.1. The number of hydrogen-bond donors (Lipinski definition) is 0. The van der Waals surface area contributed by atoms with Gasteiger partial charge in [-0.3, -0.25) is 4.79 Å². The molecule has 1 aromatic carbocycles. The fourth-order valence-corrected chi connectivity index (χ4v) is 3.13. The summed E-state index contributed by atoms with van der Waals surface area (Å²) in [6.45, 7) is 3.37. The molecule has 3 rings (SSSR count). The number of benzene rings is 1. The average Bonchev–Trinajstić information content (AvgIpc) is 2.94. The number of carbonyl (C=O) groups excluding carboxylic acids is 1. The van der Waals surface area contributed by atoms with Gasteiger partial charge in [0.2, 0.25) is 0 Å². The zero-order valence-electron chi connectivity index (χ0n) is 12.9. The van der Waals surface area contributed by atoms with E-state index in [0.717, 1.165) is 25.2 Å². The molecule has 2 heterocycles. The van der Waals surface area contributed by atoms with Crippen LogP contribution in [0.2, 0.25) is 0 Å². The Balaban J connectivity index is 1.67. The first-order valence-electron chi connectivity index (χ1n) is 7.56. The van der Waals surface area contributed by atoms with E-state index in [1.54, 1.807) is 17.9 Å². The maximum atomic E-state index is 13.2. The molecule has 0 fully saturated rings. The van der Waals surface area contributed by atoms with Crippen molar-refractivity contribution in [2.45, 2.75) is 26.3 Å². The molecule has 0 saturated heterocycles. The number of halogens is 1. The summed E-state index contributed by atoms with van der Waals surface area (Å²) >= 11 is 0. The number of amides is 1. The third kappa shape index (κ3) is 2.89. The fourth-order valence-electron chi connectivity index (χ4n) is 3.13. The van der Waals surface area contributed by atoms with Crippen LogP contribution in [0.25, 0.3) is 0 Å². The number of hydrogen-bond acceptors (Lipinski definition) is 2. The van der Waals surface area contributed by atoms with Crippen molar-refractivity contribution < 1.29 is 9.18 Å². The highest BCUT2D eigenvalue weighted by molar-refractivity contribution is 5.95. The lowest BCUT2D eigenvalue weighted by molar-refractivity contribution is 0.0760. The van der Waals surface area contributed by atoms with E-state index in [1.807, 2.05) is 19.4 Å². The number of aryl methyl sites for hydroxylation is 2. The van der Waals surface area contributed by atoms with Gasteiger partial charge < -0.3 is 9.47 Å². The molecule has 5 heteroatoms. The molecule has 0 unspecified atom stereocenters. The van der Waals surface area contributed by atoms with Crippen molar-refractivity contribution in [3.63, 3.8) is 0 Å². The first kappa shape index (κ1) is 14.8. The van der Waals surface area contributed by atoms with Crippen LogP contribution in [-0.2, 0) is 13.0 Å². The van der Waals surface area contributed by atoms with E-state index >= 15 is 0 Å². The van der Waals surface area contributed by atoms with Gasteiger partial charge in [-0.2, -0.15) is 0 Å². The van der Waals surface area contributed by atoms with Crippen molar-refractivity contribution in [3.8, 4) is 0 Å². The van der Waals surface area contributed by atoms with Gasteiger partial charge in [-0.15, -0.1) is 0 Å². The second-order valence-electron chi connectivity index (χ2n) is 6.05. The van der Waals surface area contributed by atoms with Crippen LogP contribution in [0.4, 0.5) is 4.39 Å². The van der Waals surface area contributed by atoms with E-state index in [9.17, 15) is 9.18 Å². The highest BCUT2D eigenvalue weighted by Crippen LogP contribution is 2.20. The van der Waals surface area contributed by atoms with E-state index in [0.29, 0.717) is 23.6 Å². The number of aromatic nitrogens is 2. The van der Waals surface area contributed by atoms with E-state index in [4.69, 9.17) is 0 Å². The quantitative estimate of drug-likeness (QED) is 0.874. The second kappa shape index (κ2) is 5.91. The van der Waals surface area contributed by atoms with Gasteiger partial charge in [0.1, 0.15) is 11.6 Å². The zero-order chi connectivity index (χ0) is 15.7. The minimum absolute atomic E-state index is 0.0473. The van der Waals surface area contributed by atoms with Crippen LogP contribution in [0.5, 0.6) is 0 Å². The average molecular weight is 301 g/mol. The molecule has 1 atom stereocenters. The van der Waals surface area contributed by atoms with Gasteiger partial charge in [-0.1, -0.05) is 0 Å². The third-order valence-corrected chi connectivity index (χ3v) is 4.33. The Morgan fingerprint density at radius 3 is 3.09 bits per heavy atom. The summed E-state index contributed by atoms with van der Waals surface area (Å²) in [6.07, 6.45) is 5.81. The van der Waals surface area contributed by atoms with E-state index in [1.165, 1.54) is 12.1 Å². The molecule has 0 saturated carbocycles. The first-order chi connectivity index (χ1) is 10.5. The van der Waals surface area contributed by atoms with Crippen LogP contribution in [0.15, 0.2) is 30.6 Å². The van der Waals surface area contributed by atoms with Crippen molar-refractivity contribution >= 4 is 5.91 Å². The molecule has 1 aliphatic heterocycles. The molecule has 0 bridgehead atoms. The monoisotopic (exact) mass is 301 g/mol. The van der Waals surface area contributed by atoms with E-state index in [2.05, 4.69) is 9.55 Å². The zero-order valence-corrected chi connectivity index (χ0v) is 12.9. The van der Waals surface area contributed by atoms with Crippen molar-refractivity contribution in [2.75, 3.05) is 13.6 Å². The molecule has 1 amide bonds. The van der Waals surface area contributed by atoms with Crippen LogP contribution in [0, 0.1) is 18.7 Å². The molecule has 0 N–H and O–H groups in total. The summed E-state index contributed by atoms with van der Waals surface area (Å²) in [7, 11) is 1.81. The highest BCUT2D eigenvalue weighted by Gasteiger charge is 2.23. The number of nitrogens with zero attached hydrogens (tertiary/aromatic N) is 3. The van der Waals surface area contributed by atoms with Crippen LogP contribution >= 0.6 is 0 Å². The Bertz CT molecular complexity index is 695. The highest BCUT2D eigenvalue weighted by atomic mass is 19.1. The predicted octanol–water partition coefficient (Wildman–Crippen LogP) is 2.67. The van der Waals surface area contributed by atoms with Gasteiger partial charge in [0.25, 0.3) is 5.91 Å². The molecule has 0 radical (unpaired) electrons. The molecular formula is C17H20FN3O. The van der Waals surface area contributed by atoms with Crippen LogP contribution in [0.1, 0.15) is 28.2 Å². The maximum absolute atomic E-state index is 13.2. The lowest BCUT2D eigenvalue weighted by Crippen LogP contribution is -2.35. The molecule has 0 aliphatic carbocycles. The molecule has 22 heavy (non-hydrogen) atoms. The Labute approximate surface area is 129 Å². The topological polar surface area (TPSA) is 38.1 Å². The van der Waals surface area contributed by atoms with E-state index in [-0.39, 0.29) is 11.7 Å².